The zero-order chi connectivity index (χ0) is 13.1. The van der Waals surface area contributed by atoms with Gasteiger partial charge in [-0.05, 0) is 58.7 Å². The number of rotatable bonds is 3. The van der Waals surface area contributed by atoms with Crippen LogP contribution in [0.5, 0.6) is 0 Å². The predicted octanol–water partition coefficient (Wildman–Crippen LogP) is 3.10. The molecule has 0 aliphatic rings. The minimum absolute atomic E-state index is 0.258. The normalized spacial score (nSPS) is 10.4. The van der Waals surface area contributed by atoms with Gasteiger partial charge in [-0.2, -0.15) is 0 Å². The maximum Gasteiger partial charge on any atom is 0.269 e. The van der Waals surface area contributed by atoms with Crippen LogP contribution in [0.2, 0.25) is 0 Å². The van der Waals surface area contributed by atoms with Crippen LogP contribution in [-0.2, 0) is 6.42 Å². The molecular weight excluding hydrogens is 368 g/mol. The first-order valence-corrected chi connectivity index (χ1v) is 7.04. The van der Waals surface area contributed by atoms with E-state index in [-0.39, 0.29) is 11.7 Å². The number of benzene rings is 1. The molecular formula is C11H9FIN3OS. The second kappa shape index (κ2) is 5.70. The highest BCUT2D eigenvalue weighted by Gasteiger charge is 2.16. The fourth-order valence-electron chi connectivity index (χ4n) is 1.38. The van der Waals surface area contributed by atoms with E-state index in [9.17, 15) is 9.18 Å². The molecule has 0 aliphatic heterocycles. The van der Waals surface area contributed by atoms with Gasteiger partial charge in [-0.15, -0.1) is 5.10 Å². The molecule has 2 rings (SSSR count). The van der Waals surface area contributed by atoms with Crippen molar-refractivity contribution in [1.82, 2.24) is 9.59 Å². The van der Waals surface area contributed by atoms with Crippen LogP contribution >= 0.6 is 34.1 Å². The maximum absolute atomic E-state index is 12.9. The largest absolute Gasteiger partial charge is 0.320 e. The molecule has 1 heterocycles. The van der Waals surface area contributed by atoms with Gasteiger partial charge >= 0.3 is 0 Å². The molecule has 4 nitrogen and oxygen atoms in total. The molecule has 1 aromatic heterocycles. The van der Waals surface area contributed by atoms with Gasteiger partial charge in [0, 0.05) is 3.57 Å². The third-order valence-electron chi connectivity index (χ3n) is 2.28. The number of hydrogen-bond acceptors (Lipinski definition) is 4. The summed E-state index contributed by atoms with van der Waals surface area (Å²) in [5.74, 6) is -0.586. The molecule has 0 fully saturated rings. The summed E-state index contributed by atoms with van der Waals surface area (Å²) in [5, 5.41) is 6.61. The van der Waals surface area contributed by atoms with Crippen molar-refractivity contribution in [3.63, 3.8) is 0 Å². The van der Waals surface area contributed by atoms with Crippen molar-refractivity contribution in [2.24, 2.45) is 0 Å². The minimum atomic E-state index is -0.328. The number of carbonyl (C=O) groups excluding carboxylic acids is 1. The summed E-state index contributed by atoms with van der Waals surface area (Å²) in [6.07, 6.45) is 0.653. The molecule has 0 saturated heterocycles. The van der Waals surface area contributed by atoms with E-state index in [0.29, 0.717) is 26.2 Å². The van der Waals surface area contributed by atoms with Gasteiger partial charge in [0.2, 0.25) is 0 Å². The van der Waals surface area contributed by atoms with Crippen LogP contribution in [-0.4, -0.2) is 15.5 Å². The van der Waals surface area contributed by atoms with Crippen molar-refractivity contribution in [1.29, 1.82) is 0 Å². The number of halogens is 2. The van der Waals surface area contributed by atoms with Crippen molar-refractivity contribution in [2.75, 3.05) is 5.32 Å². The Balaban J connectivity index is 2.21. The highest BCUT2D eigenvalue weighted by Crippen LogP contribution is 2.21. The smallest absolute Gasteiger partial charge is 0.269 e. The van der Waals surface area contributed by atoms with Crippen LogP contribution < -0.4 is 5.32 Å². The first-order valence-electron chi connectivity index (χ1n) is 5.19. The van der Waals surface area contributed by atoms with Crippen LogP contribution in [0.15, 0.2) is 18.2 Å². The lowest BCUT2D eigenvalue weighted by atomic mass is 10.2. The van der Waals surface area contributed by atoms with Crippen LogP contribution in [0, 0.1) is 9.39 Å². The molecule has 0 radical (unpaired) electrons. The number of anilines is 1. The second-order valence-electron chi connectivity index (χ2n) is 3.48. The van der Waals surface area contributed by atoms with Crippen LogP contribution in [0.3, 0.4) is 0 Å². The summed E-state index contributed by atoms with van der Waals surface area (Å²) in [6.45, 7) is 1.91. The van der Waals surface area contributed by atoms with E-state index in [1.54, 1.807) is 0 Å². The fraction of sp³-hybridized carbons (Fsp3) is 0.182. The van der Waals surface area contributed by atoms with Gasteiger partial charge in [-0.25, -0.2) is 4.39 Å². The summed E-state index contributed by atoms with van der Waals surface area (Å²) in [5.41, 5.74) is 1.26. The van der Waals surface area contributed by atoms with Gasteiger partial charge in [-0.1, -0.05) is 11.4 Å². The molecule has 0 atom stereocenters. The average molecular weight is 377 g/mol. The Morgan fingerprint density at radius 2 is 2.33 bits per heavy atom. The Kier molecular flexibility index (Phi) is 4.23. The Hall–Kier alpha value is -1.09. The molecule has 18 heavy (non-hydrogen) atoms. The fourth-order valence-corrected chi connectivity index (χ4v) is 2.64. The van der Waals surface area contributed by atoms with Crippen LogP contribution in [0.4, 0.5) is 10.1 Å². The lowest BCUT2D eigenvalue weighted by Gasteiger charge is -2.06. The zero-order valence-electron chi connectivity index (χ0n) is 9.41. The number of amides is 1. The average Bonchev–Trinajstić information content (AvgIpc) is 2.81. The summed E-state index contributed by atoms with van der Waals surface area (Å²) in [4.78, 5) is 12.5. The highest BCUT2D eigenvalue weighted by molar-refractivity contribution is 14.1. The molecule has 0 aliphatic carbocycles. The number of aromatic nitrogens is 2. The van der Waals surface area contributed by atoms with Gasteiger partial charge in [0.1, 0.15) is 10.7 Å². The molecule has 1 aromatic carbocycles. The van der Waals surface area contributed by atoms with E-state index >= 15 is 0 Å². The molecule has 7 heteroatoms. The maximum atomic E-state index is 12.9. The van der Waals surface area contributed by atoms with Crippen molar-refractivity contribution < 1.29 is 9.18 Å². The first-order chi connectivity index (χ1) is 8.61. The molecule has 2 aromatic rings. The van der Waals surface area contributed by atoms with Crippen LogP contribution in [0.1, 0.15) is 22.3 Å². The quantitative estimate of drug-likeness (QED) is 0.837. The highest BCUT2D eigenvalue weighted by atomic mass is 127. The lowest BCUT2D eigenvalue weighted by Crippen LogP contribution is -2.13. The van der Waals surface area contributed by atoms with Gasteiger partial charge < -0.3 is 5.32 Å². The van der Waals surface area contributed by atoms with Crippen LogP contribution in [0.25, 0.3) is 0 Å². The van der Waals surface area contributed by atoms with Crippen molar-refractivity contribution >= 4 is 45.7 Å². The summed E-state index contributed by atoms with van der Waals surface area (Å²) >= 11 is 3.03. The number of nitrogens with one attached hydrogen (secondary N) is 1. The summed E-state index contributed by atoms with van der Waals surface area (Å²) in [7, 11) is 0. The van der Waals surface area contributed by atoms with Crippen molar-refractivity contribution in [2.45, 2.75) is 13.3 Å². The summed E-state index contributed by atoms with van der Waals surface area (Å²) < 4.78 is 17.4. The van der Waals surface area contributed by atoms with Gasteiger partial charge in [0.15, 0.2) is 0 Å². The van der Waals surface area contributed by atoms with E-state index in [1.165, 1.54) is 18.2 Å². The predicted molar refractivity (Wildman–Crippen MR) is 76.4 cm³/mol. The number of aryl methyl sites for hydroxylation is 1. The number of hydrogen-bond donors (Lipinski definition) is 1. The van der Waals surface area contributed by atoms with Crippen molar-refractivity contribution in [3.05, 3.63) is 38.2 Å². The Bertz CT molecular complexity index is 587. The molecule has 0 unspecified atom stereocenters. The Morgan fingerprint density at radius 1 is 1.56 bits per heavy atom. The molecule has 0 spiro atoms. The van der Waals surface area contributed by atoms with Gasteiger partial charge in [-0.3, -0.25) is 4.79 Å². The molecule has 1 N–H and O–H groups in total. The van der Waals surface area contributed by atoms with E-state index in [1.807, 2.05) is 29.5 Å². The minimum Gasteiger partial charge on any atom is -0.320 e. The van der Waals surface area contributed by atoms with Gasteiger partial charge in [0.05, 0.1) is 11.4 Å². The van der Waals surface area contributed by atoms with E-state index in [0.717, 1.165) is 11.5 Å². The number of nitrogens with zero attached hydrogens (tertiary/aromatic N) is 2. The first kappa shape index (κ1) is 13.3. The molecule has 0 saturated carbocycles. The SMILES string of the molecule is CCc1nnsc1C(=O)Nc1ccc(F)cc1I. The molecule has 1 amide bonds. The molecule has 94 valence electrons. The standard InChI is InChI=1S/C11H9FIN3OS/c1-2-8-10(18-16-15-8)11(17)14-9-4-3-6(12)5-7(9)13/h3-5H,2H2,1H3,(H,14,17). The van der Waals surface area contributed by atoms with E-state index in [4.69, 9.17) is 0 Å². The topological polar surface area (TPSA) is 54.9 Å². The lowest BCUT2D eigenvalue weighted by molar-refractivity contribution is 0.102. The van der Waals surface area contributed by atoms with E-state index < -0.39 is 0 Å². The number of carbonyl (C=O) groups is 1. The van der Waals surface area contributed by atoms with Gasteiger partial charge in [0.25, 0.3) is 5.91 Å². The Morgan fingerprint density at radius 3 is 3.00 bits per heavy atom. The summed E-state index contributed by atoms with van der Waals surface area (Å²) in [6, 6.07) is 4.21. The Labute approximate surface area is 121 Å². The zero-order valence-corrected chi connectivity index (χ0v) is 12.4. The monoisotopic (exact) mass is 377 g/mol. The third kappa shape index (κ3) is 2.83. The second-order valence-corrected chi connectivity index (χ2v) is 5.40. The van der Waals surface area contributed by atoms with Crippen molar-refractivity contribution in [3.8, 4) is 0 Å². The van der Waals surface area contributed by atoms with E-state index in [2.05, 4.69) is 14.9 Å². The molecule has 0 bridgehead atoms. The third-order valence-corrected chi connectivity index (χ3v) is 3.94.